The van der Waals surface area contributed by atoms with Crippen LogP contribution in [0.2, 0.25) is 5.02 Å². The van der Waals surface area contributed by atoms with Gasteiger partial charge >= 0.3 is 0 Å². The molecule has 96 valence electrons. The molecule has 2 aromatic rings. The molecule has 0 aliphatic heterocycles. The highest BCUT2D eigenvalue weighted by atomic mass is 35.5. The molecule has 0 fully saturated rings. The van der Waals surface area contributed by atoms with Gasteiger partial charge in [-0.3, -0.25) is 16.0 Å². The van der Waals surface area contributed by atoms with E-state index in [1.165, 1.54) is 6.07 Å². The van der Waals surface area contributed by atoms with Gasteiger partial charge in [-0.2, -0.15) is 0 Å². The standard InChI is InChI=1S/C11H13ClFN5/c1-18-10(6-15-17-18)9(16-14)5-7-3-2-4-8(12)11(7)13/h2-4,6,9,16H,5,14H2,1H3. The van der Waals surface area contributed by atoms with Crippen molar-refractivity contribution in [3.63, 3.8) is 0 Å². The first-order valence-electron chi connectivity index (χ1n) is 5.37. The van der Waals surface area contributed by atoms with E-state index >= 15 is 0 Å². The molecule has 0 aliphatic carbocycles. The molecule has 0 spiro atoms. The maximum atomic E-state index is 13.8. The number of halogens is 2. The maximum Gasteiger partial charge on any atom is 0.145 e. The van der Waals surface area contributed by atoms with Crippen LogP contribution < -0.4 is 11.3 Å². The van der Waals surface area contributed by atoms with Crippen molar-refractivity contribution >= 4 is 11.6 Å². The van der Waals surface area contributed by atoms with E-state index in [9.17, 15) is 4.39 Å². The van der Waals surface area contributed by atoms with E-state index in [4.69, 9.17) is 17.4 Å². The molecule has 0 saturated heterocycles. The van der Waals surface area contributed by atoms with Gasteiger partial charge in [-0.05, 0) is 18.1 Å². The molecule has 1 unspecified atom stereocenters. The summed E-state index contributed by atoms with van der Waals surface area (Å²) >= 11 is 5.74. The fourth-order valence-electron chi connectivity index (χ4n) is 1.79. The third-order valence-corrected chi connectivity index (χ3v) is 3.06. The number of nitrogens with two attached hydrogens (primary N) is 1. The van der Waals surface area contributed by atoms with Gasteiger partial charge in [0.15, 0.2) is 0 Å². The third-order valence-electron chi connectivity index (χ3n) is 2.76. The molecule has 0 aliphatic rings. The number of benzene rings is 1. The van der Waals surface area contributed by atoms with Crippen LogP contribution in [0.4, 0.5) is 4.39 Å². The summed E-state index contributed by atoms with van der Waals surface area (Å²) in [7, 11) is 1.75. The van der Waals surface area contributed by atoms with Gasteiger partial charge in [0.25, 0.3) is 0 Å². The van der Waals surface area contributed by atoms with Gasteiger partial charge in [0.05, 0.1) is 23.0 Å². The van der Waals surface area contributed by atoms with E-state index in [-0.39, 0.29) is 11.1 Å². The number of hydrazine groups is 1. The molecule has 7 heteroatoms. The summed E-state index contributed by atoms with van der Waals surface area (Å²) in [5.74, 6) is 5.07. The zero-order chi connectivity index (χ0) is 13.1. The first-order chi connectivity index (χ1) is 8.63. The SMILES string of the molecule is Cn1nncc1C(Cc1cccc(Cl)c1F)NN. The van der Waals surface area contributed by atoms with Crippen molar-refractivity contribution in [1.82, 2.24) is 20.4 Å². The van der Waals surface area contributed by atoms with Crippen molar-refractivity contribution in [2.45, 2.75) is 12.5 Å². The quantitative estimate of drug-likeness (QED) is 0.649. The first kappa shape index (κ1) is 12.9. The monoisotopic (exact) mass is 269 g/mol. The lowest BCUT2D eigenvalue weighted by Gasteiger charge is -2.16. The lowest BCUT2D eigenvalue weighted by atomic mass is 10.0. The molecule has 2 rings (SSSR count). The Kier molecular flexibility index (Phi) is 3.90. The van der Waals surface area contributed by atoms with E-state index in [0.29, 0.717) is 12.0 Å². The molecular weight excluding hydrogens is 257 g/mol. The molecule has 0 amide bonds. The maximum absolute atomic E-state index is 13.8. The van der Waals surface area contributed by atoms with Crippen molar-refractivity contribution in [2.24, 2.45) is 12.9 Å². The summed E-state index contributed by atoms with van der Waals surface area (Å²) < 4.78 is 15.4. The minimum Gasteiger partial charge on any atom is -0.271 e. The molecule has 1 aromatic heterocycles. The van der Waals surface area contributed by atoms with Crippen LogP contribution >= 0.6 is 11.6 Å². The Morgan fingerprint density at radius 1 is 1.56 bits per heavy atom. The van der Waals surface area contributed by atoms with Gasteiger partial charge in [-0.1, -0.05) is 28.9 Å². The fraction of sp³-hybridized carbons (Fsp3) is 0.273. The predicted octanol–water partition coefficient (Wildman–Crippen LogP) is 1.35. The molecule has 0 radical (unpaired) electrons. The molecule has 1 heterocycles. The zero-order valence-corrected chi connectivity index (χ0v) is 10.5. The van der Waals surface area contributed by atoms with E-state index < -0.39 is 5.82 Å². The lowest BCUT2D eigenvalue weighted by Crippen LogP contribution is -2.31. The smallest absolute Gasteiger partial charge is 0.145 e. The molecule has 0 saturated carbocycles. The molecule has 1 atom stereocenters. The lowest BCUT2D eigenvalue weighted by molar-refractivity contribution is 0.494. The normalized spacial score (nSPS) is 12.7. The molecule has 1 aromatic carbocycles. The van der Waals surface area contributed by atoms with Crippen LogP contribution in [-0.2, 0) is 13.5 Å². The average molecular weight is 270 g/mol. The van der Waals surface area contributed by atoms with Gasteiger partial charge in [0, 0.05) is 7.05 Å². The van der Waals surface area contributed by atoms with Gasteiger partial charge < -0.3 is 0 Å². The summed E-state index contributed by atoms with van der Waals surface area (Å²) in [5.41, 5.74) is 3.90. The van der Waals surface area contributed by atoms with Gasteiger partial charge in [-0.25, -0.2) is 4.39 Å². The number of hydrogen-bond acceptors (Lipinski definition) is 4. The molecular formula is C11H13ClFN5. The number of aromatic nitrogens is 3. The number of rotatable bonds is 4. The Labute approximate surface area is 109 Å². The highest BCUT2D eigenvalue weighted by molar-refractivity contribution is 6.30. The average Bonchev–Trinajstić information content (AvgIpc) is 2.77. The fourth-order valence-corrected chi connectivity index (χ4v) is 1.98. The van der Waals surface area contributed by atoms with Crippen LogP contribution in [0.1, 0.15) is 17.3 Å². The molecule has 0 bridgehead atoms. The Hall–Kier alpha value is -1.50. The van der Waals surface area contributed by atoms with Crippen LogP contribution in [-0.4, -0.2) is 15.0 Å². The summed E-state index contributed by atoms with van der Waals surface area (Å²) in [6, 6.07) is 4.61. The van der Waals surface area contributed by atoms with Crippen LogP contribution in [0.15, 0.2) is 24.4 Å². The van der Waals surface area contributed by atoms with E-state index in [1.54, 1.807) is 30.1 Å². The Balaban J connectivity index is 2.26. The van der Waals surface area contributed by atoms with E-state index in [0.717, 1.165) is 5.69 Å². The highest BCUT2D eigenvalue weighted by Gasteiger charge is 2.17. The number of aryl methyl sites for hydroxylation is 1. The van der Waals surface area contributed by atoms with Gasteiger partial charge in [-0.15, -0.1) is 5.10 Å². The Morgan fingerprint density at radius 2 is 2.33 bits per heavy atom. The van der Waals surface area contributed by atoms with Crippen molar-refractivity contribution in [3.05, 3.63) is 46.5 Å². The zero-order valence-electron chi connectivity index (χ0n) is 9.77. The van der Waals surface area contributed by atoms with E-state index in [2.05, 4.69) is 15.7 Å². The molecule has 18 heavy (non-hydrogen) atoms. The van der Waals surface area contributed by atoms with E-state index in [1.807, 2.05) is 0 Å². The minimum absolute atomic E-state index is 0.103. The topological polar surface area (TPSA) is 68.8 Å². The number of nitrogens with zero attached hydrogens (tertiary/aromatic N) is 3. The minimum atomic E-state index is -0.422. The summed E-state index contributed by atoms with van der Waals surface area (Å²) in [6.45, 7) is 0. The van der Waals surface area contributed by atoms with Crippen LogP contribution in [0.25, 0.3) is 0 Å². The van der Waals surface area contributed by atoms with Crippen LogP contribution in [0.5, 0.6) is 0 Å². The Morgan fingerprint density at radius 3 is 2.94 bits per heavy atom. The second-order valence-corrected chi connectivity index (χ2v) is 4.33. The Bertz CT molecular complexity index is 542. The van der Waals surface area contributed by atoms with Gasteiger partial charge in [0.2, 0.25) is 0 Å². The predicted molar refractivity (Wildman–Crippen MR) is 66.2 cm³/mol. The molecule has 5 nitrogen and oxygen atoms in total. The van der Waals surface area contributed by atoms with Crippen molar-refractivity contribution in [2.75, 3.05) is 0 Å². The second kappa shape index (κ2) is 5.43. The van der Waals surface area contributed by atoms with Gasteiger partial charge in [0.1, 0.15) is 5.82 Å². The summed E-state index contributed by atoms with van der Waals surface area (Å²) in [5, 5.41) is 7.69. The van der Waals surface area contributed by atoms with Crippen molar-refractivity contribution < 1.29 is 4.39 Å². The molecule has 3 N–H and O–H groups in total. The number of nitrogens with one attached hydrogen (secondary N) is 1. The highest BCUT2D eigenvalue weighted by Crippen LogP contribution is 2.22. The first-order valence-corrected chi connectivity index (χ1v) is 5.75. The number of hydrogen-bond donors (Lipinski definition) is 2. The van der Waals surface area contributed by atoms with Crippen LogP contribution in [0.3, 0.4) is 0 Å². The van der Waals surface area contributed by atoms with Crippen molar-refractivity contribution in [1.29, 1.82) is 0 Å². The summed E-state index contributed by atoms with van der Waals surface area (Å²) in [4.78, 5) is 0. The largest absolute Gasteiger partial charge is 0.271 e. The van der Waals surface area contributed by atoms with Crippen LogP contribution in [0, 0.1) is 5.82 Å². The third kappa shape index (κ3) is 2.50. The second-order valence-electron chi connectivity index (χ2n) is 3.92. The summed E-state index contributed by atoms with van der Waals surface area (Å²) in [6.07, 6.45) is 1.96. The van der Waals surface area contributed by atoms with Crippen molar-refractivity contribution in [3.8, 4) is 0 Å².